The number of aryl methyl sites for hydroxylation is 1. The molecule has 5 heteroatoms. The largest absolute Gasteiger partial charge is 0.379 e. The van der Waals surface area contributed by atoms with Crippen molar-refractivity contribution in [1.82, 2.24) is 0 Å². The molecule has 0 radical (unpaired) electrons. The Morgan fingerprint density at radius 2 is 1.96 bits per heavy atom. The first kappa shape index (κ1) is 16.6. The fourth-order valence-electron chi connectivity index (χ4n) is 3.23. The van der Waals surface area contributed by atoms with Gasteiger partial charge in [-0.2, -0.15) is 0 Å². The molecule has 0 spiro atoms. The number of amidine groups is 1. The Morgan fingerprint density at radius 3 is 2.62 bits per heavy atom. The molecule has 0 fully saturated rings. The molecule has 1 heterocycles. The Balaban J connectivity index is 2.05. The lowest BCUT2D eigenvalue weighted by atomic mass is 9.94. The molecule has 1 aliphatic rings. The highest BCUT2D eigenvalue weighted by molar-refractivity contribution is 8.13. The van der Waals surface area contributed by atoms with Crippen molar-refractivity contribution in [2.24, 2.45) is 5.73 Å². The molecule has 0 aliphatic carbocycles. The zero-order chi connectivity index (χ0) is 17.3. The Kier molecular flexibility index (Phi) is 4.62. The number of hydrogen-bond donors (Lipinski definition) is 2. The molecule has 1 aliphatic heterocycles. The number of fused-ring (bicyclic) bond motifs is 1. The normalized spacial score (nSPS) is 19.7. The summed E-state index contributed by atoms with van der Waals surface area (Å²) < 4.78 is 0. The van der Waals surface area contributed by atoms with Crippen LogP contribution in [0.1, 0.15) is 40.1 Å². The van der Waals surface area contributed by atoms with Crippen molar-refractivity contribution >= 4 is 28.5 Å². The van der Waals surface area contributed by atoms with Crippen LogP contribution in [0.4, 0.5) is 5.69 Å². The smallest absolute Gasteiger partial charge is 0.258 e. The number of nitrogens with zero attached hydrogens (tertiary/aromatic N) is 1. The maximum atomic E-state index is 13.0. The van der Waals surface area contributed by atoms with Gasteiger partial charge in [0.2, 0.25) is 0 Å². The predicted octanol–water partition coefficient (Wildman–Crippen LogP) is 4.10. The van der Waals surface area contributed by atoms with E-state index < -0.39 is 0 Å². The summed E-state index contributed by atoms with van der Waals surface area (Å²) in [7, 11) is 0. The molecule has 2 aromatic rings. The Morgan fingerprint density at radius 1 is 1.25 bits per heavy atom. The molecule has 0 aromatic heterocycles. The van der Waals surface area contributed by atoms with Crippen molar-refractivity contribution in [3.05, 3.63) is 65.2 Å². The molecule has 3 rings (SSSR count). The van der Waals surface area contributed by atoms with E-state index in [0.717, 1.165) is 23.2 Å². The quantitative estimate of drug-likeness (QED) is 0.639. The number of carbonyl (C=O) groups excluding carboxylic acids is 1. The number of carbonyl (C=O) groups is 1. The van der Waals surface area contributed by atoms with Crippen LogP contribution in [-0.4, -0.2) is 17.1 Å². The summed E-state index contributed by atoms with van der Waals surface area (Å²) in [6.07, 6.45) is 0.777. The topological polar surface area (TPSA) is 70.2 Å². The first-order chi connectivity index (χ1) is 11.5. The van der Waals surface area contributed by atoms with E-state index in [-0.39, 0.29) is 22.4 Å². The second-order valence-corrected chi connectivity index (χ2v) is 7.40. The summed E-state index contributed by atoms with van der Waals surface area (Å²) >= 11 is 1.36. The molecule has 2 aromatic carbocycles. The average molecular weight is 339 g/mol. The molecular formula is C19H21N3OS. The van der Waals surface area contributed by atoms with Crippen LogP contribution < -0.4 is 10.6 Å². The first-order valence-electron chi connectivity index (χ1n) is 7.97. The number of nitrogens with two attached hydrogens (primary N) is 1. The van der Waals surface area contributed by atoms with E-state index in [1.807, 2.05) is 54.3 Å². The second-order valence-electron chi connectivity index (χ2n) is 6.16. The number of anilines is 1. The Labute approximate surface area is 146 Å². The van der Waals surface area contributed by atoms with E-state index in [1.165, 1.54) is 11.8 Å². The minimum Gasteiger partial charge on any atom is -0.379 e. The molecule has 0 saturated carbocycles. The number of hydrogen-bond acceptors (Lipinski definition) is 3. The van der Waals surface area contributed by atoms with Crippen LogP contribution in [0.25, 0.3) is 0 Å². The molecule has 0 bridgehead atoms. The Hall–Kier alpha value is -2.27. The molecule has 2 atom stereocenters. The van der Waals surface area contributed by atoms with Gasteiger partial charge in [-0.3, -0.25) is 10.2 Å². The second kappa shape index (κ2) is 6.69. The third-order valence-electron chi connectivity index (χ3n) is 4.29. The predicted molar refractivity (Wildman–Crippen MR) is 101 cm³/mol. The summed E-state index contributed by atoms with van der Waals surface area (Å²) in [6.45, 7) is 4.09. The van der Waals surface area contributed by atoms with E-state index in [1.54, 1.807) is 0 Å². The van der Waals surface area contributed by atoms with Gasteiger partial charge in [0.1, 0.15) is 0 Å². The van der Waals surface area contributed by atoms with Gasteiger partial charge in [0.25, 0.3) is 5.91 Å². The summed E-state index contributed by atoms with van der Waals surface area (Å²) in [5, 5.41) is 7.84. The average Bonchev–Trinajstić information content (AvgIpc) is 2.55. The molecular weight excluding hydrogens is 318 g/mol. The van der Waals surface area contributed by atoms with Crippen LogP contribution in [-0.2, 0) is 0 Å². The lowest BCUT2D eigenvalue weighted by Crippen LogP contribution is -2.43. The minimum atomic E-state index is 0.0134. The first-order valence-corrected chi connectivity index (χ1v) is 8.85. The lowest BCUT2D eigenvalue weighted by Gasteiger charge is -2.39. The lowest BCUT2D eigenvalue weighted by molar-refractivity contribution is 0.0975. The molecule has 4 nitrogen and oxygen atoms in total. The summed E-state index contributed by atoms with van der Waals surface area (Å²) in [5.41, 5.74) is 9.45. The summed E-state index contributed by atoms with van der Waals surface area (Å²) in [6, 6.07) is 15.6. The van der Waals surface area contributed by atoms with Crippen LogP contribution in [0.5, 0.6) is 0 Å². The van der Waals surface area contributed by atoms with Crippen LogP contribution in [0.15, 0.2) is 48.5 Å². The highest BCUT2D eigenvalue weighted by atomic mass is 32.2. The van der Waals surface area contributed by atoms with Gasteiger partial charge in [-0.15, -0.1) is 0 Å². The van der Waals surface area contributed by atoms with E-state index in [0.29, 0.717) is 5.56 Å². The zero-order valence-electron chi connectivity index (χ0n) is 13.8. The Bertz CT molecular complexity index is 775. The van der Waals surface area contributed by atoms with Gasteiger partial charge in [-0.1, -0.05) is 47.7 Å². The molecule has 1 amide bonds. The summed E-state index contributed by atoms with van der Waals surface area (Å²) in [4.78, 5) is 14.9. The van der Waals surface area contributed by atoms with Gasteiger partial charge in [-0.25, -0.2) is 0 Å². The molecule has 3 N–H and O–H groups in total. The van der Waals surface area contributed by atoms with Gasteiger partial charge >= 0.3 is 0 Å². The number of benzene rings is 2. The van der Waals surface area contributed by atoms with Crippen LogP contribution in [0.2, 0.25) is 0 Å². The van der Waals surface area contributed by atoms with Crippen molar-refractivity contribution in [3.63, 3.8) is 0 Å². The SMILES string of the molecule is Cc1ccc2c(c1)[C@@H](SC(=N)N)C[C@@H](C)N2C(=O)c1ccccc1. The third-order valence-corrected chi connectivity index (χ3v) is 5.28. The van der Waals surface area contributed by atoms with Gasteiger partial charge < -0.3 is 10.6 Å². The highest BCUT2D eigenvalue weighted by Crippen LogP contribution is 2.45. The fourth-order valence-corrected chi connectivity index (χ4v) is 4.22. The van der Waals surface area contributed by atoms with Crippen molar-refractivity contribution in [1.29, 1.82) is 5.41 Å². The van der Waals surface area contributed by atoms with Crippen molar-refractivity contribution in [2.45, 2.75) is 31.6 Å². The number of nitrogens with one attached hydrogen (secondary N) is 1. The highest BCUT2D eigenvalue weighted by Gasteiger charge is 2.34. The van der Waals surface area contributed by atoms with Crippen LogP contribution in [0.3, 0.4) is 0 Å². The van der Waals surface area contributed by atoms with E-state index in [9.17, 15) is 4.79 Å². The monoisotopic (exact) mass is 339 g/mol. The minimum absolute atomic E-state index is 0.0134. The van der Waals surface area contributed by atoms with Crippen LogP contribution >= 0.6 is 11.8 Å². The van der Waals surface area contributed by atoms with Crippen LogP contribution in [0, 0.1) is 12.3 Å². The maximum Gasteiger partial charge on any atom is 0.258 e. The molecule has 24 heavy (non-hydrogen) atoms. The standard InChI is InChI=1S/C19H21N3OS/c1-12-8-9-16-15(10-12)17(24-19(20)21)11-13(2)22(16)18(23)14-6-4-3-5-7-14/h3-10,13,17H,11H2,1-2H3,(H3,20,21)/t13-,17+/m1/s1. The third kappa shape index (κ3) is 3.17. The van der Waals surface area contributed by atoms with Gasteiger partial charge in [0.05, 0.1) is 0 Å². The summed E-state index contributed by atoms with van der Waals surface area (Å²) in [5.74, 6) is 0.0134. The van der Waals surface area contributed by atoms with Gasteiger partial charge in [-0.05, 0) is 44.0 Å². The van der Waals surface area contributed by atoms with Crippen molar-refractivity contribution in [3.8, 4) is 0 Å². The maximum absolute atomic E-state index is 13.0. The van der Waals surface area contributed by atoms with E-state index >= 15 is 0 Å². The molecule has 0 unspecified atom stereocenters. The van der Waals surface area contributed by atoms with E-state index in [4.69, 9.17) is 11.1 Å². The van der Waals surface area contributed by atoms with E-state index in [2.05, 4.69) is 13.0 Å². The molecule has 0 saturated heterocycles. The number of amides is 1. The van der Waals surface area contributed by atoms with Crippen molar-refractivity contribution in [2.75, 3.05) is 4.90 Å². The fraction of sp³-hybridized carbons (Fsp3) is 0.263. The van der Waals surface area contributed by atoms with Gasteiger partial charge in [0.15, 0.2) is 5.17 Å². The number of rotatable bonds is 2. The number of thioether (sulfide) groups is 1. The van der Waals surface area contributed by atoms with Crippen molar-refractivity contribution < 1.29 is 4.79 Å². The molecule has 124 valence electrons. The zero-order valence-corrected chi connectivity index (χ0v) is 14.6. The van der Waals surface area contributed by atoms with Gasteiger partial charge in [0, 0.05) is 22.5 Å².